The summed E-state index contributed by atoms with van der Waals surface area (Å²) in [6.45, 7) is 0.953. The lowest BCUT2D eigenvalue weighted by Gasteiger charge is -2.54. The average molecular weight is 360 g/mol. The van der Waals surface area contributed by atoms with E-state index in [9.17, 15) is 0 Å². The Labute approximate surface area is 147 Å². The first-order chi connectivity index (χ1) is 11.1. The zero-order valence-electron chi connectivity index (χ0n) is 13.6. The third kappa shape index (κ3) is 3.52. The molecule has 3 rings (SSSR count). The van der Waals surface area contributed by atoms with Crippen LogP contribution in [0, 0.1) is 5.41 Å². The van der Waals surface area contributed by atoms with E-state index in [2.05, 4.69) is 14.9 Å². The molecular formula is C16H23Cl2N3O2. The molecule has 1 aromatic rings. The van der Waals surface area contributed by atoms with Gasteiger partial charge in [0.15, 0.2) is 0 Å². The molecule has 0 amide bonds. The van der Waals surface area contributed by atoms with Gasteiger partial charge < -0.3 is 14.4 Å². The van der Waals surface area contributed by atoms with Gasteiger partial charge in [-0.3, -0.25) is 0 Å². The van der Waals surface area contributed by atoms with Crippen LogP contribution in [0.3, 0.4) is 0 Å². The number of rotatable bonds is 5. The van der Waals surface area contributed by atoms with Crippen LogP contribution in [0.2, 0.25) is 5.15 Å². The number of nitrogens with zero attached hydrogens (tertiary/aromatic N) is 3. The van der Waals surface area contributed by atoms with E-state index in [1.807, 2.05) is 6.07 Å². The predicted molar refractivity (Wildman–Crippen MR) is 91.8 cm³/mol. The summed E-state index contributed by atoms with van der Waals surface area (Å²) in [6.07, 6.45) is 5.95. The molecule has 2 aliphatic rings. The first-order valence-electron chi connectivity index (χ1n) is 8.03. The number of ether oxygens (including phenoxy) is 2. The van der Waals surface area contributed by atoms with Gasteiger partial charge in [-0.2, -0.15) is 9.97 Å². The minimum Gasteiger partial charge on any atom is -0.467 e. The Morgan fingerprint density at radius 2 is 2.09 bits per heavy atom. The van der Waals surface area contributed by atoms with Crippen LogP contribution in [-0.2, 0) is 4.74 Å². The first-order valence-corrected chi connectivity index (χ1v) is 8.94. The minimum atomic E-state index is 0.306. The van der Waals surface area contributed by atoms with E-state index in [4.69, 9.17) is 32.7 Å². The maximum absolute atomic E-state index is 6.10. The van der Waals surface area contributed by atoms with E-state index >= 15 is 0 Å². The molecule has 0 bridgehead atoms. The normalized spacial score (nSPS) is 30.3. The highest BCUT2D eigenvalue weighted by Gasteiger charge is 2.49. The molecule has 128 valence electrons. The molecule has 0 aromatic carbocycles. The van der Waals surface area contributed by atoms with Crippen LogP contribution in [0.25, 0.3) is 0 Å². The Balaban J connectivity index is 1.78. The quantitative estimate of drug-likeness (QED) is 0.594. The molecule has 1 saturated carbocycles. The average Bonchev–Trinajstić information content (AvgIpc) is 2.52. The van der Waals surface area contributed by atoms with Crippen LogP contribution in [0.4, 0.5) is 5.82 Å². The molecule has 1 spiro atoms. The number of hydrogen-bond acceptors (Lipinski definition) is 5. The molecule has 0 N–H and O–H groups in total. The van der Waals surface area contributed by atoms with E-state index in [0.29, 0.717) is 34.6 Å². The lowest BCUT2D eigenvalue weighted by atomic mass is 9.59. The number of aromatic nitrogens is 2. The highest BCUT2D eigenvalue weighted by Crippen LogP contribution is 2.52. The van der Waals surface area contributed by atoms with Crippen molar-refractivity contribution in [3.8, 4) is 6.01 Å². The number of anilines is 1. The van der Waals surface area contributed by atoms with Crippen LogP contribution >= 0.6 is 23.2 Å². The Hall–Kier alpha value is -0.780. The third-order valence-corrected chi connectivity index (χ3v) is 5.64. The molecule has 2 fully saturated rings. The summed E-state index contributed by atoms with van der Waals surface area (Å²) in [6, 6.07) is 2.48. The van der Waals surface area contributed by atoms with Crippen molar-refractivity contribution in [3.63, 3.8) is 0 Å². The number of halogens is 2. The van der Waals surface area contributed by atoms with Crippen molar-refractivity contribution in [3.05, 3.63) is 11.2 Å². The van der Waals surface area contributed by atoms with Crippen molar-refractivity contribution in [2.75, 3.05) is 31.5 Å². The van der Waals surface area contributed by atoms with Gasteiger partial charge in [-0.05, 0) is 37.5 Å². The lowest BCUT2D eigenvalue weighted by Crippen LogP contribution is -2.54. The molecule has 1 aliphatic carbocycles. The zero-order valence-corrected chi connectivity index (χ0v) is 15.1. The van der Waals surface area contributed by atoms with Gasteiger partial charge in [0.2, 0.25) is 0 Å². The Morgan fingerprint density at radius 3 is 2.74 bits per heavy atom. The van der Waals surface area contributed by atoms with E-state index in [-0.39, 0.29) is 0 Å². The van der Waals surface area contributed by atoms with Gasteiger partial charge in [-0.1, -0.05) is 11.6 Å². The summed E-state index contributed by atoms with van der Waals surface area (Å²) >= 11 is 12.2. The Bertz CT molecular complexity index is 552. The van der Waals surface area contributed by atoms with Crippen molar-refractivity contribution in [2.45, 2.75) is 44.2 Å². The fraction of sp³-hybridized carbons (Fsp3) is 0.750. The summed E-state index contributed by atoms with van der Waals surface area (Å²) in [4.78, 5) is 10.8. The molecule has 5 nitrogen and oxygen atoms in total. The summed E-state index contributed by atoms with van der Waals surface area (Å²) in [7, 11) is 3.36. The monoisotopic (exact) mass is 359 g/mol. The van der Waals surface area contributed by atoms with Crippen molar-refractivity contribution < 1.29 is 9.47 Å². The topological polar surface area (TPSA) is 47.5 Å². The number of hydrogen-bond donors (Lipinski definition) is 0. The maximum atomic E-state index is 6.10. The number of alkyl halides is 1. The standard InChI is InChI=1S/C16H23Cl2N3O2/c1-22-12-9-16(10-12)4-6-21(11(8-16)3-5-17)14-7-13(18)19-15(20-14)23-2/h7,11-12H,3-6,8-10H2,1-2H3. The van der Waals surface area contributed by atoms with Crippen LogP contribution in [0.15, 0.2) is 6.07 Å². The Kier molecular flexibility index (Phi) is 5.19. The highest BCUT2D eigenvalue weighted by atomic mass is 35.5. The molecule has 1 saturated heterocycles. The summed E-state index contributed by atoms with van der Waals surface area (Å²) in [5.74, 6) is 1.47. The van der Waals surface area contributed by atoms with Crippen LogP contribution in [0.5, 0.6) is 6.01 Å². The number of piperidine rings is 1. The summed E-state index contributed by atoms with van der Waals surface area (Å²) < 4.78 is 10.6. The van der Waals surface area contributed by atoms with Gasteiger partial charge >= 0.3 is 6.01 Å². The summed E-state index contributed by atoms with van der Waals surface area (Å²) in [5.41, 5.74) is 0.412. The Morgan fingerprint density at radius 1 is 1.30 bits per heavy atom. The van der Waals surface area contributed by atoms with Gasteiger partial charge in [0, 0.05) is 31.6 Å². The lowest BCUT2D eigenvalue weighted by molar-refractivity contribution is -0.0769. The first kappa shape index (κ1) is 17.1. The fourth-order valence-electron chi connectivity index (χ4n) is 4.01. The SMILES string of the molecule is COc1nc(Cl)cc(N2CCC3(CC(OC)C3)CC2CCCl)n1. The number of methoxy groups -OCH3 is 2. The van der Waals surface area contributed by atoms with Crippen LogP contribution < -0.4 is 9.64 Å². The largest absolute Gasteiger partial charge is 0.467 e. The molecule has 0 radical (unpaired) electrons. The predicted octanol–water partition coefficient (Wildman–Crippen LogP) is 3.53. The van der Waals surface area contributed by atoms with E-state index < -0.39 is 0 Å². The maximum Gasteiger partial charge on any atom is 0.319 e. The van der Waals surface area contributed by atoms with Crippen LogP contribution in [0.1, 0.15) is 32.1 Å². The van der Waals surface area contributed by atoms with Gasteiger partial charge in [0.1, 0.15) is 11.0 Å². The molecule has 23 heavy (non-hydrogen) atoms. The minimum absolute atomic E-state index is 0.306. The van der Waals surface area contributed by atoms with Crippen molar-refractivity contribution in [1.29, 1.82) is 0 Å². The van der Waals surface area contributed by atoms with E-state index in [1.54, 1.807) is 14.2 Å². The summed E-state index contributed by atoms with van der Waals surface area (Å²) in [5, 5.41) is 0.403. The van der Waals surface area contributed by atoms with Gasteiger partial charge in [0.25, 0.3) is 0 Å². The van der Waals surface area contributed by atoms with E-state index in [0.717, 1.165) is 44.5 Å². The molecule has 7 heteroatoms. The molecule has 1 aromatic heterocycles. The van der Waals surface area contributed by atoms with Gasteiger partial charge in [-0.25, -0.2) is 0 Å². The van der Waals surface area contributed by atoms with Gasteiger partial charge in [0.05, 0.1) is 13.2 Å². The van der Waals surface area contributed by atoms with Crippen molar-refractivity contribution in [2.24, 2.45) is 5.41 Å². The molecule has 1 atom stereocenters. The zero-order chi connectivity index (χ0) is 16.4. The smallest absolute Gasteiger partial charge is 0.319 e. The molecular weight excluding hydrogens is 337 g/mol. The van der Waals surface area contributed by atoms with Crippen molar-refractivity contribution >= 4 is 29.0 Å². The van der Waals surface area contributed by atoms with Gasteiger partial charge in [-0.15, -0.1) is 11.6 Å². The molecule has 1 aliphatic heterocycles. The fourth-order valence-corrected chi connectivity index (χ4v) is 4.43. The third-order valence-electron chi connectivity index (χ3n) is 5.23. The van der Waals surface area contributed by atoms with Crippen molar-refractivity contribution in [1.82, 2.24) is 9.97 Å². The second-order valence-corrected chi connectivity index (χ2v) is 7.35. The highest BCUT2D eigenvalue weighted by molar-refractivity contribution is 6.29. The molecule has 2 heterocycles. The molecule has 1 unspecified atom stereocenters. The second-order valence-electron chi connectivity index (χ2n) is 6.58. The van der Waals surface area contributed by atoms with E-state index in [1.165, 1.54) is 0 Å². The second kappa shape index (κ2) is 6.99. The van der Waals surface area contributed by atoms with Crippen LogP contribution in [-0.4, -0.2) is 48.8 Å².